The Balaban J connectivity index is 0.00000200. The highest BCUT2D eigenvalue weighted by Gasteiger charge is 2.15. The number of nitrogens with two attached hydrogens (primary N) is 1. The molecule has 1 heterocycles. The van der Waals surface area contributed by atoms with E-state index in [2.05, 4.69) is 16.4 Å². The fraction of sp³-hybridized carbons (Fsp3) is 0.154. The van der Waals surface area contributed by atoms with E-state index >= 15 is 0 Å². The largest absolute Gasteiger partial charge is 0.349 e. The van der Waals surface area contributed by atoms with Gasteiger partial charge >= 0.3 is 0 Å². The molecule has 104 valence electrons. The zero-order chi connectivity index (χ0) is 13.7. The number of rotatable bonds is 4. The number of aromatic nitrogens is 1. The van der Waals surface area contributed by atoms with Crippen molar-refractivity contribution in [3.05, 3.63) is 41.0 Å². The van der Waals surface area contributed by atoms with Gasteiger partial charge in [-0.15, -0.1) is 23.7 Å². The monoisotopic (exact) mass is 308 g/mol. The molecular weight excluding hydrogens is 296 g/mol. The van der Waals surface area contributed by atoms with Gasteiger partial charge in [0.15, 0.2) is 0 Å². The molecule has 7 heteroatoms. The van der Waals surface area contributed by atoms with Crippen LogP contribution in [0.2, 0.25) is 0 Å². The molecule has 0 radical (unpaired) electrons. The van der Waals surface area contributed by atoms with Crippen molar-refractivity contribution in [2.45, 2.75) is 0 Å². The molecule has 1 aromatic carbocycles. The molecule has 1 aromatic heterocycles. The summed E-state index contributed by atoms with van der Waals surface area (Å²) in [7, 11) is 0. The second-order valence-electron chi connectivity index (χ2n) is 3.76. The summed E-state index contributed by atoms with van der Waals surface area (Å²) in [5.41, 5.74) is 8.83. The number of nitrogens with zero attached hydrogens (tertiary/aromatic N) is 2. The summed E-state index contributed by atoms with van der Waals surface area (Å²) >= 11 is 1.39. The number of benzene rings is 1. The average molecular weight is 309 g/mol. The van der Waals surface area contributed by atoms with Crippen LogP contribution in [0.4, 0.5) is 0 Å². The molecule has 0 spiro atoms. The lowest BCUT2D eigenvalue weighted by atomic mass is 10.1. The quantitative estimate of drug-likeness (QED) is 0.900. The lowest BCUT2D eigenvalue weighted by Crippen LogP contribution is -2.29. The number of amides is 1. The minimum atomic E-state index is -0.231. The van der Waals surface area contributed by atoms with Gasteiger partial charge in [-0.2, -0.15) is 5.26 Å². The molecule has 5 nitrogen and oxygen atoms in total. The topological polar surface area (TPSA) is 91.8 Å². The van der Waals surface area contributed by atoms with Crippen LogP contribution in [0, 0.1) is 11.3 Å². The van der Waals surface area contributed by atoms with Crippen LogP contribution in [0.25, 0.3) is 10.4 Å². The van der Waals surface area contributed by atoms with Crippen molar-refractivity contribution in [1.82, 2.24) is 10.3 Å². The summed E-state index contributed by atoms with van der Waals surface area (Å²) in [5, 5.41) is 11.5. The first-order valence-electron chi connectivity index (χ1n) is 5.68. The first-order chi connectivity index (χ1) is 9.26. The van der Waals surface area contributed by atoms with Crippen LogP contribution in [-0.2, 0) is 0 Å². The minimum absolute atomic E-state index is 0. The van der Waals surface area contributed by atoms with E-state index in [0.717, 1.165) is 10.4 Å². The number of nitrogens with one attached hydrogen (secondary N) is 1. The first-order valence-corrected chi connectivity index (χ1v) is 6.56. The predicted molar refractivity (Wildman–Crippen MR) is 80.9 cm³/mol. The number of thiazole rings is 1. The number of nitriles is 1. The third-order valence-corrected chi connectivity index (χ3v) is 3.36. The summed E-state index contributed by atoms with van der Waals surface area (Å²) in [4.78, 5) is 16.8. The van der Waals surface area contributed by atoms with Crippen molar-refractivity contribution in [3.8, 4) is 16.5 Å². The second kappa shape index (κ2) is 7.60. The Morgan fingerprint density at radius 2 is 2.10 bits per heavy atom. The van der Waals surface area contributed by atoms with Gasteiger partial charge in [-0.25, -0.2) is 4.98 Å². The normalized spacial score (nSPS) is 9.40. The zero-order valence-corrected chi connectivity index (χ0v) is 12.1. The van der Waals surface area contributed by atoms with Gasteiger partial charge in [-0.3, -0.25) is 4.79 Å². The Hall–Kier alpha value is -1.94. The van der Waals surface area contributed by atoms with Crippen molar-refractivity contribution in [2.75, 3.05) is 13.1 Å². The van der Waals surface area contributed by atoms with Gasteiger partial charge in [0, 0.05) is 13.1 Å². The summed E-state index contributed by atoms with van der Waals surface area (Å²) in [5.74, 6) is -0.231. The number of hydrogen-bond acceptors (Lipinski definition) is 5. The van der Waals surface area contributed by atoms with Crippen LogP contribution < -0.4 is 11.1 Å². The van der Waals surface area contributed by atoms with Crippen LogP contribution in [-0.4, -0.2) is 24.0 Å². The molecule has 0 bridgehead atoms. The summed E-state index contributed by atoms with van der Waals surface area (Å²) in [6, 6.07) is 9.12. The zero-order valence-electron chi connectivity index (χ0n) is 10.5. The Morgan fingerprint density at radius 1 is 1.40 bits per heavy atom. The smallest absolute Gasteiger partial charge is 0.271 e. The summed E-state index contributed by atoms with van der Waals surface area (Å²) in [6.45, 7) is 0.811. The van der Waals surface area contributed by atoms with E-state index in [4.69, 9.17) is 11.0 Å². The molecule has 3 N–H and O–H groups in total. The standard InChI is InChI=1S/C13H12N4OS.ClH/c14-5-6-16-13(18)11-12(19-8-17-11)10-3-1-9(7-15)2-4-10;/h1-4,8H,5-6,14H2,(H,16,18);1H. The molecule has 0 aliphatic rings. The van der Waals surface area contributed by atoms with Gasteiger partial charge in [0.1, 0.15) is 5.69 Å². The van der Waals surface area contributed by atoms with Gasteiger partial charge in [-0.05, 0) is 17.7 Å². The number of carbonyl (C=O) groups excluding carboxylic acids is 1. The Morgan fingerprint density at radius 3 is 2.70 bits per heavy atom. The second-order valence-corrected chi connectivity index (χ2v) is 4.62. The minimum Gasteiger partial charge on any atom is -0.349 e. The Kier molecular flexibility index (Phi) is 6.12. The van der Waals surface area contributed by atoms with E-state index in [0.29, 0.717) is 24.3 Å². The molecule has 0 saturated heterocycles. The fourth-order valence-corrected chi connectivity index (χ4v) is 2.37. The van der Waals surface area contributed by atoms with Crippen molar-refractivity contribution < 1.29 is 4.79 Å². The van der Waals surface area contributed by atoms with Gasteiger partial charge in [0.05, 0.1) is 22.0 Å². The fourth-order valence-electron chi connectivity index (χ4n) is 1.58. The molecule has 0 unspecified atom stereocenters. The van der Waals surface area contributed by atoms with E-state index in [1.807, 2.05) is 12.1 Å². The number of halogens is 1. The molecule has 2 rings (SSSR count). The van der Waals surface area contributed by atoms with E-state index in [-0.39, 0.29) is 18.3 Å². The van der Waals surface area contributed by atoms with Crippen LogP contribution >= 0.6 is 23.7 Å². The molecule has 1 amide bonds. The summed E-state index contributed by atoms with van der Waals surface area (Å²) < 4.78 is 0. The van der Waals surface area contributed by atoms with Crippen LogP contribution in [0.15, 0.2) is 29.8 Å². The highest BCUT2D eigenvalue weighted by molar-refractivity contribution is 7.13. The van der Waals surface area contributed by atoms with E-state index in [1.54, 1.807) is 17.6 Å². The van der Waals surface area contributed by atoms with E-state index in [1.165, 1.54) is 11.3 Å². The maximum absolute atomic E-state index is 11.9. The molecule has 20 heavy (non-hydrogen) atoms. The van der Waals surface area contributed by atoms with Crippen molar-refractivity contribution in [3.63, 3.8) is 0 Å². The van der Waals surface area contributed by atoms with Crippen LogP contribution in [0.5, 0.6) is 0 Å². The van der Waals surface area contributed by atoms with E-state index < -0.39 is 0 Å². The molecular formula is C13H13ClN4OS. The van der Waals surface area contributed by atoms with Crippen LogP contribution in [0.1, 0.15) is 16.1 Å². The van der Waals surface area contributed by atoms with E-state index in [9.17, 15) is 4.79 Å². The van der Waals surface area contributed by atoms with Gasteiger partial charge < -0.3 is 11.1 Å². The SMILES string of the molecule is Cl.N#Cc1ccc(-c2scnc2C(=O)NCCN)cc1. The van der Waals surface area contributed by atoms with Crippen molar-refractivity contribution in [2.24, 2.45) is 5.73 Å². The lowest BCUT2D eigenvalue weighted by molar-refractivity contribution is 0.0951. The molecule has 2 aromatic rings. The molecule has 0 atom stereocenters. The molecule has 0 fully saturated rings. The molecule has 0 aliphatic carbocycles. The lowest BCUT2D eigenvalue weighted by Gasteiger charge is -2.04. The van der Waals surface area contributed by atoms with Gasteiger partial charge in [-0.1, -0.05) is 12.1 Å². The van der Waals surface area contributed by atoms with Crippen LogP contribution in [0.3, 0.4) is 0 Å². The maximum Gasteiger partial charge on any atom is 0.271 e. The predicted octanol–water partition coefficient (Wildman–Crippen LogP) is 1.79. The van der Waals surface area contributed by atoms with Crippen molar-refractivity contribution in [1.29, 1.82) is 5.26 Å². The maximum atomic E-state index is 11.9. The third kappa shape index (κ3) is 3.54. The summed E-state index contributed by atoms with van der Waals surface area (Å²) in [6.07, 6.45) is 0. The Labute approximate surface area is 126 Å². The average Bonchev–Trinajstić information content (AvgIpc) is 2.94. The molecule has 0 aliphatic heterocycles. The van der Waals surface area contributed by atoms with Gasteiger partial charge in [0.25, 0.3) is 5.91 Å². The first kappa shape index (κ1) is 16.1. The molecule has 0 saturated carbocycles. The Bertz CT molecular complexity index is 618. The van der Waals surface area contributed by atoms with Crippen molar-refractivity contribution >= 4 is 29.7 Å². The third-order valence-electron chi connectivity index (χ3n) is 2.49. The highest BCUT2D eigenvalue weighted by atomic mass is 35.5. The number of hydrogen-bond donors (Lipinski definition) is 2. The number of carbonyl (C=O) groups is 1. The van der Waals surface area contributed by atoms with Gasteiger partial charge in [0.2, 0.25) is 0 Å². The highest BCUT2D eigenvalue weighted by Crippen LogP contribution is 2.27.